The number of halogens is 1. The SMILES string of the molecule is CCSC(=O)OCOC(=O)/C(F)=C/c1ccccc1. The number of ether oxygens (including phenoxy) is 2. The van der Waals surface area contributed by atoms with Crippen LogP contribution in [0.5, 0.6) is 0 Å². The molecule has 0 saturated heterocycles. The molecule has 102 valence electrons. The van der Waals surface area contributed by atoms with Crippen molar-refractivity contribution in [1.82, 2.24) is 0 Å². The summed E-state index contributed by atoms with van der Waals surface area (Å²) in [6.07, 6.45) is 1.05. The zero-order valence-corrected chi connectivity index (χ0v) is 11.1. The Morgan fingerprint density at radius 2 is 1.95 bits per heavy atom. The molecule has 0 amide bonds. The van der Waals surface area contributed by atoms with E-state index < -0.39 is 23.9 Å². The van der Waals surface area contributed by atoms with Gasteiger partial charge in [-0.05, 0) is 23.4 Å². The average molecular weight is 284 g/mol. The van der Waals surface area contributed by atoms with E-state index in [1.807, 2.05) is 0 Å². The van der Waals surface area contributed by atoms with Crippen LogP contribution in [0.15, 0.2) is 36.2 Å². The van der Waals surface area contributed by atoms with Gasteiger partial charge in [0.15, 0.2) is 0 Å². The molecule has 0 radical (unpaired) electrons. The molecule has 0 unspecified atom stereocenters. The first-order chi connectivity index (χ1) is 9.13. The van der Waals surface area contributed by atoms with Crippen molar-refractivity contribution in [2.24, 2.45) is 0 Å². The molecule has 0 heterocycles. The maximum atomic E-state index is 13.4. The Hall–Kier alpha value is -1.82. The van der Waals surface area contributed by atoms with Crippen molar-refractivity contribution in [1.29, 1.82) is 0 Å². The summed E-state index contributed by atoms with van der Waals surface area (Å²) in [5.74, 6) is -1.67. The minimum Gasteiger partial charge on any atom is -0.423 e. The number of carbonyl (C=O) groups excluding carboxylic acids is 2. The molecule has 0 aliphatic heterocycles. The number of hydrogen-bond donors (Lipinski definition) is 0. The van der Waals surface area contributed by atoms with Gasteiger partial charge in [-0.15, -0.1) is 0 Å². The molecule has 0 N–H and O–H groups in total. The van der Waals surface area contributed by atoms with E-state index in [0.29, 0.717) is 11.3 Å². The Morgan fingerprint density at radius 3 is 2.58 bits per heavy atom. The van der Waals surface area contributed by atoms with E-state index in [-0.39, 0.29) is 0 Å². The van der Waals surface area contributed by atoms with Gasteiger partial charge in [-0.25, -0.2) is 9.59 Å². The molecule has 0 aromatic heterocycles. The first-order valence-corrected chi connectivity index (χ1v) is 6.51. The average Bonchev–Trinajstić information content (AvgIpc) is 2.40. The highest BCUT2D eigenvalue weighted by molar-refractivity contribution is 8.13. The van der Waals surface area contributed by atoms with Gasteiger partial charge in [-0.1, -0.05) is 37.3 Å². The van der Waals surface area contributed by atoms with Gasteiger partial charge in [0.1, 0.15) is 0 Å². The minimum atomic E-state index is -1.17. The molecule has 4 nitrogen and oxygen atoms in total. The summed E-state index contributed by atoms with van der Waals surface area (Å²) < 4.78 is 22.4. The van der Waals surface area contributed by atoms with Gasteiger partial charge in [-0.2, -0.15) is 4.39 Å². The maximum absolute atomic E-state index is 13.4. The van der Waals surface area contributed by atoms with E-state index >= 15 is 0 Å². The van der Waals surface area contributed by atoms with Crippen molar-refractivity contribution in [2.75, 3.05) is 12.5 Å². The van der Waals surface area contributed by atoms with Crippen molar-refractivity contribution < 1.29 is 23.5 Å². The lowest BCUT2D eigenvalue weighted by Crippen LogP contribution is -2.10. The van der Waals surface area contributed by atoms with Gasteiger partial charge in [0.2, 0.25) is 12.6 Å². The van der Waals surface area contributed by atoms with Crippen molar-refractivity contribution >= 4 is 29.1 Å². The summed E-state index contributed by atoms with van der Waals surface area (Å²) in [5.41, 5.74) is 0.537. The molecule has 0 aliphatic carbocycles. The molecule has 19 heavy (non-hydrogen) atoms. The topological polar surface area (TPSA) is 52.6 Å². The molecule has 0 aliphatic rings. The van der Waals surface area contributed by atoms with Gasteiger partial charge in [0.25, 0.3) is 0 Å². The predicted molar refractivity (Wildman–Crippen MR) is 71.1 cm³/mol. The molecule has 0 bridgehead atoms. The normalized spacial score (nSPS) is 10.9. The molecule has 0 saturated carbocycles. The second-order valence-corrected chi connectivity index (χ2v) is 4.48. The van der Waals surface area contributed by atoms with E-state index in [4.69, 9.17) is 0 Å². The lowest BCUT2D eigenvalue weighted by atomic mass is 10.2. The fourth-order valence-corrected chi connectivity index (χ4v) is 1.48. The number of carbonyl (C=O) groups is 2. The summed E-state index contributed by atoms with van der Waals surface area (Å²) in [6.45, 7) is 1.18. The van der Waals surface area contributed by atoms with Gasteiger partial charge >= 0.3 is 11.3 Å². The molecule has 0 spiro atoms. The zero-order chi connectivity index (χ0) is 14.1. The first-order valence-electron chi connectivity index (χ1n) is 5.52. The van der Waals surface area contributed by atoms with Crippen LogP contribution in [0, 0.1) is 0 Å². The van der Waals surface area contributed by atoms with Crippen LogP contribution in [0.25, 0.3) is 6.08 Å². The molecule has 1 rings (SSSR count). The van der Waals surface area contributed by atoms with Crippen LogP contribution in [-0.4, -0.2) is 23.8 Å². The number of esters is 1. The molecule has 6 heteroatoms. The van der Waals surface area contributed by atoms with Gasteiger partial charge in [-0.3, -0.25) is 0 Å². The summed E-state index contributed by atoms with van der Waals surface area (Å²) in [6, 6.07) is 8.50. The van der Waals surface area contributed by atoms with Crippen molar-refractivity contribution in [3.8, 4) is 0 Å². The van der Waals surface area contributed by atoms with Gasteiger partial charge in [0.05, 0.1) is 0 Å². The summed E-state index contributed by atoms with van der Waals surface area (Å²) in [7, 11) is 0. The van der Waals surface area contributed by atoms with Crippen molar-refractivity contribution in [3.05, 3.63) is 41.7 Å². The monoisotopic (exact) mass is 284 g/mol. The van der Waals surface area contributed by atoms with E-state index in [0.717, 1.165) is 17.8 Å². The molecule has 0 atom stereocenters. The second kappa shape index (κ2) is 8.31. The van der Waals surface area contributed by atoms with Crippen LogP contribution >= 0.6 is 11.8 Å². The zero-order valence-electron chi connectivity index (χ0n) is 10.3. The van der Waals surface area contributed by atoms with Crippen LogP contribution < -0.4 is 0 Å². The van der Waals surface area contributed by atoms with Gasteiger partial charge < -0.3 is 9.47 Å². The molecular weight excluding hydrogens is 271 g/mol. The highest BCUT2D eigenvalue weighted by atomic mass is 32.2. The fourth-order valence-electron chi connectivity index (χ4n) is 1.11. The molecule has 1 aromatic carbocycles. The van der Waals surface area contributed by atoms with Crippen LogP contribution in [0.1, 0.15) is 12.5 Å². The first kappa shape index (κ1) is 15.2. The largest absolute Gasteiger partial charge is 0.423 e. The van der Waals surface area contributed by atoms with E-state index in [9.17, 15) is 14.0 Å². The number of rotatable bonds is 5. The van der Waals surface area contributed by atoms with E-state index in [1.165, 1.54) is 0 Å². The van der Waals surface area contributed by atoms with Crippen LogP contribution in [0.3, 0.4) is 0 Å². The Balaban J connectivity index is 2.41. The summed E-state index contributed by atoms with van der Waals surface area (Å²) in [4.78, 5) is 22.1. The number of hydrogen-bond acceptors (Lipinski definition) is 5. The standard InChI is InChI=1S/C13H13FO4S/c1-2-19-13(16)18-9-17-12(15)11(14)8-10-6-4-3-5-7-10/h3-8H,2,9H2,1H3/b11-8-. The summed E-state index contributed by atoms with van der Waals surface area (Å²) >= 11 is 0.933. The third-order valence-corrected chi connectivity index (χ3v) is 2.56. The highest BCUT2D eigenvalue weighted by Gasteiger charge is 2.11. The van der Waals surface area contributed by atoms with Crippen LogP contribution in [-0.2, 0) is 14.3 Å². The van der Waals surface area contributed by atoms with Crippen molar-refractivity contribution in [3.63, 3.8) is 0 Å². The smallest absolute Gasteiger partial charge is 0.370 e. The molecule has 1 aromatic rings. The van der Waals surface area contributed by atoms with E-state index in [1.54, 1.807) is 37.3 Å². The lowest BCUT2D eigenvalue weighted by Gasteiger charge is -2.04. The number of thioether (sulfide) groups is 1. The third-order valence-electron chi connectivity index (χ3n) is 1.92. The Labute approximate surface area is 114 Å². The quantitative estimate of drug-likeness (QED) is 0.471. The van der Waals surface area contributed by atoms with Crippen molar-refractivity contribution in [2.45, 2.75) is 6.92 Å². The Morgan fingerprint density at radius 1 is 1.26 bits per heavy atom. The van der Waals surface area contributed by atoms with Crippen LogP contribution in [0.2, 0.25) is 0 Å². The minimum absolute atomic E-state index is 0.537. The summed E-state index contributed by atoms with van der Waals surface area (Å²) in [5, 5.41) is -0.567. The molecule has 0 fully saturated rings. The highest BCUT2D eigenvalue weighted by Crippen LogP contribution is 2.10. The molecular formula is C13H13FO4S. The maximum Gasteiger partial charge on any atom is 0.370 e. The lowest BCUT2D eigenvalue weighted by molar-refractivity contribution is -0.148. The van der Waals surface area contributed by atoms with Gasteiger partial charge in [0, 0.05) is 5.75 Å². The fraction of sp³-hybridized carbons (Fsp3) is 0.231. The van der Waals surface area contributed by atoms with E-state index in [2.05, 4.69) is 9.47 Å². The predicted octanol–water partition coefficient (Wildman–Crippen LogP) is 3.39. The third kappa shape index (κ3) is 6.05. The Kier molecular flexibility index (Phi) is 6.67. The second-order valence-electron chi connectivity index (χ2n) is 3.28. The van der Waals surface area contributed by atoms with Crippen LogP contribution in [0.4, 0.5) is 9.18 Å². The Bertz CT molecular complexity index is 459. The number of benzene rings is 1.